The van der Waals surface area contributed by atoms with E-state index in [1.165, 1.54) is 17.4 Å². The van der Waals surface area contributed by atoms with Crippen molar-refractivity contribution in [3.05, 3.63) is 58.3 Å². The zero-order chi connectivity index (χ0) is 17.2. The van der Waals surface area contributed by atoms with E-state index < -0.39 is 0 Å². The number of methoxy groups -OCH3 is 1. The number of hydrogen-bond donors (Lipinski definition) is 2. The topological polar surface area (TPSA) is 67.4 Å². The largest absolute Gasteiger partial charge is 0.497 e. The van der Waals surface area contributed by atoms with Crippen molar-refractivity contribution >= 4 is 29.2 Å². The molecule has 1 heterocycles. The van der Waals surface area contributed by atoms with Gasteiger partial charge in [0.2, 0.25) is 5.91 Å². The summed E-state index contributed by atoms with van der Waals surface area (Å²) in [6, 6.07) is 11.1. The van der Waals surface area contributed by atoms with Crippen LogP contribution in [-0.2, 0) is 4.79 Å². The van der Waals surface area contributed by atoms with E-state index in [9.17, 15) is 9.59 Å². The van der Waals surface area contributed by atoms with Crippen LogP contribution in [0.4, 0.5) is 0 Å². The van der Waals surface area contributed by atoms with E-state index in [1.807, 2.05) is 35.7 Å². The van der Waals surface area contributed by atoms with Gasteiger partial charge < -0.3 is 15.4 Å². The number of thiophene rings is 1. The lowest BCUT2D eigenvalue weighted by molar-refractivity contribution is -0.116. The van der Waals surface area contributed by atoms with Gasteiger partial charge in [-0.3, -0.25) is 9.59 Å². The van der Waals surface area contributed by atoms with Gasteiger partial charge in [0.1, 0.15) is 5.75 Å². The van der Waals surface area contributed by atoms with E-state index in [-0.39, 0.29) is 11.8 Å². The predicted molar refractivity (Wildman–Crippen MR) is 96.3 cm³/mol. The first kappa shape index (κ1) is 17.7. The SMILES string of the molecule is COc1ccc(/C=C/C(=O)NCCCNC(=O)c2cccs2)cc1. The van der Waals surface area contributed by atoms with Crippen LogP contribution >= 0.6 is 11.3 Å². The number of carbonyl (C=O) groups excluding carboxylic acids is 2. The molecule has 5 nitrogen and oxygen atoms in total. The summed E-state index contributed by atoms with van der Waals surface area (Å²) in [5.41, 5.74) is 0.925. The maximum Gasteiger partial charge on any atom is 0.261 e. The van der Waals surface area contributed by atoms with Crippen molar-refractivity contribution in [2.45, 2.75) is 6.42 Å². The molecule has 0 aliphatic carbocycles. The van der Waals surface area contributed by atoms with Gasteiger partial charge in [0.05, 0.1) is 12.0 Å². The Balaban J connectivity index is 1.62. The number of ether oxygens (including phenoxy) is 1. The highest BCUT2D eigenvalue weighted by Crippen LogP contribution is 2.12. The molecule has 0 aliphatic rings. The Hall–Kier alpha value is -2.60. The maximum atomic E-state index is 11.7. The highest BCUT2D eigenvalue weighted by molar-refractivity contribution is 7.12. The minimum Gasteiger partial charge on any atom is -0.497 e. The Bertz CT molecular complexity index is 679. The summed E-state index contributed by atoms with van der Waals surface area (Å²) in [6.07, 6.45) is 3.92. The maximum absolute atomic E-state index is 11.7. The summed E-state index contributed by atoms with van der Waals surface area (Å²) < 4.78 is 5.08. The summed E-state index contributed by atoms with van der Waals surface area (Å²) in [5.74, 6) is 0.548. The van der Waals surface area contributed by atoms with E-state index in [0.717, 1.165) is 11.3 Å². The molecule has 2 aromatic rings. The van der Waals surface area contributed by atoms with Gasteiger partial charge in [-0.25, -0.2) is 0 Å². The third kappa shape index (κ3) is 5.89. The van der Waals surface area contributed by atoms with Crippen molar-refractivity contribution in [2.24, 2.45) is 0 Å². The van der Waals surface area contributed by atoms with Gasteiger partial charge in [0.15, 0.2) is 0 Å². The molecule has 0 bridgehead atoms. The average Bonchev–Trinajstić information content (AvgIpc) is 3.14. The third-order valence-electron chi connectivity index (χ3n) is 3.23. The van der Waals surface area contributed by atoms with Crippen LogP contribution in [0.3, 0.4) is 0 Å². The molecule has 2 N–H and O–H groups in total. The Morgan fingerprint density at radius 3 is 2.54 bits per heavy atom. The van der Waals surface area contributed by atoms with Crippen molar-refractivity contribution in [2.75, 3.05) is 20.2 Å². The number of rotatable bonds is 8. The molecule has 0 fully saturated rings. The minimum atomic E-state index is -0.157. The first-order valence-corrected chi connectivity index (χ1v) is 8.48. The molecule has 0 saturated heterocycles. The number of hydrogen-bond acceptors (Lipinski definition) is 4. The van der Waals surface area contributed by atoms with Gasteiger partial charge in [0.25, 0.3) is 5.91 Å². The number of nitrogens with one attached hydrogen (secondary N) is 2. The summed E-state index contributed by atoms with van der Waals surface area (Å²) >= 11 is 1.41. The molecule has 1 aromatic carbocycles. The van der Waals surface area contributed by atoms with Crippen molar-refractivity contribution in [3.63, 3.8) is 0 Å². The lowest BCUT2D eigenvalue weighted by atomic mass is 10.2. The van der Waals surface area contributed by atoms with Crippen LogP contribution in [-0.4, -0.2) is 32.0 Å². The molecule has 0 aliphatic heterocycles. The Morgan fingerprint density at radius 2 is 1.88 bits per heavy atom. The van der Waals surface area contributed by atoms with Gasteiger partial charge >= 0.3 is 0 Å². The fraction of sp³-hybridized carbons (Fsp3) is 0.222. The van der Waals surface area contributed by atoms with Crippen LogP contribution in [0.25, 0.3) is 6.08 Å². The lowest BCUT2D eigenvalue weighted by Gasteiger charge is -2.04. The van der Waals surface area contributed by atoms with Crippen LogP contribution in [0.2, 0.25) is 0 Å². The normalized spacial score (nSPS) is 10.5. The van der Waals surface area contributed by atoms with Gasteiger partial charge in [-0.15, -0.1) is 11.3 Å². The summed E-state index contributed by atoms with van der Waals surface area (Å²) in [7, 11) is 1.61. The Morgan fingerprint density at radius 1 is 1.12 bits per heavy atom. The Labute approximate surface area is 145 Å². The standard InChI is InChI=1S/C18H20N2O3S/c1-23-15-8-5-14(6-9-15)7-10-17(21)19-11-3-12-20-18(22)16-4-2-13-24-16/h2,4-10,13H,3,11-12H2,1H3,(H,19,21)(H,20,22)/b10-7+. The second-order valence-electron chi connectivity index (χ2n) is 4.98. The van der Waals surface area contributed by atoms with Crippen LogP contribution in [0.5, 0.6) is 5.75 Å². The van der Waals surface area contributed by atoms with Gasteiger partial charge in [-0.2, -0.15) is 0 Å². The average molecular weight is 344 g/mol. The second-order valence-corrected chi connectivity index (χ2v) is 5.93. The first-order chi connectivity index (χ1) is 11.7. The van der Waals surface area contributed by atoms with Crippen molar-refractivity contribution in [1.82, 2.24) is 10.6 Å². The summed E-state index contributed by atoms with van der Waals surface area (Å²) in [5, 5.41) is 7.47. The molecule has 0 unspecified atom stereocenters. The summed E-state index contributed by atoms with van der Waals surface area (Å²) in [4.78, 5) is 24.1. The van der Waals surface area contributed by atoms with E-state index in [1.54, 1.807) is 19.3 Å². The highest BCUT2D eigenvalue weighted by atomic mass is 32.1. The molecule has 1 aromatic heterocycles. The van der Waals surface area contributed by atoms with E-state index in [2.05, 4.69) is 10.6 Å². The number of carbonyl (C=O) groups is 2. The molecule has 0 radical (unpaired) electrons. The molecule has 126 valence electrons. The first-order valence-electron chi connectivity index (χ1n) is 7.60. The van der Waals surface area contributed by atoms with E-state index >= 15 is 0 Å². The molecule has 6 heteroatoms. The predicted octanol–water partition coefficient (Wildman–Crippen LogP) is 2.71. The van der Waals surface area contributed by atoms with Gasteiger partial charge in [-0.05, 0) is 41.6 Å². The van der Waals surface area contributed by atoms with Crippen LogP contribution < -0.4 is 15.4 Å². The lowest BCUT2D eigenvalue weighted by Crippen LogP contribution is -2.28. The van der Waals surface area contributed by atoms with Gasteiger partial charge in [0, 0.05) is 19.2 Å². The van der Waals surface area contributed by atoms with E-state index in [4.69, 9.17) is 4.74 Å². The number of amides is 2. The molecule has 2 rings (SSSR count). The molecular formula is C18H20N2O3S. The highest BCUT2D eigenvalue weighted by Gasteiger charge is 2.04. The van der Waals surface area contributed by atoms with Crippen molar-refractivity contribution in [1.29, 1.82) is 0 Å². The summed E-state index contributed by atoms with van der Waals surface area (Å²) in [6.45, 7) is 1.04. The Kier molecular flexibility index (Phi) is 7.04. The van der Waals surface area contributed by atoms with Crippen LogP contribution in [0.1, 0.15) is 21.7 Å². The molecule has 0 atom stereocenters. The van der Waals surface area contributed by atoms with Gasteiger partial charge in [-0.1, -0.05) is 18.2 Å². The molecule has 24 heavy (non-hydrogen) atoms. The monoisotopic (exact) mass is 344 g/mol. The van der Waals surface area contributed by atoms with Crippen molar-refractivity contribution < 1.29 is 14.3 Å². The van der Waals surface area contributed by atoms with Crippen LogP contribution in [0, 0.1) is 0 Å². The molecular weight excluding hydrogens is 324 g/mol. The quantitative estimate of drug-likeness (QED) is 0.571. The van der Waals surface area contributed by atoms with E-state index in [0.29, 0.717) is 24.4 Å². The minimum absolute atomic E-state index is 0.0734. The molecule has 0 spiro atoms. The molecule has 2 amide bonds. The van der Waals surface area contributed by atoms with Crippen LogP contribution in [0.15, 0.2) is 47.9 Å². The number of benzene rings is 1. The zero-order valence-corrected chi connectivity index (χ0v) is 14.3. The van der Waals surface area contributed by atoms with Crippen molar-refractivity contribution in [3.8, 4) is 5.75 Å². The fourth-order valence-corrected chi connectivity index (χ4v) is 2.58. The second kappa shape index (κ2) is 9.52. The third-order valence-corrected chi connectivity index (χ3v) is 4.09. The fourth-order valence-electron chi connectivity index (χ4n) is 1.94. The smallest absolute Gasteiger partial charge is 0.261 e. The zero-order valence-electron chi connectivity index (χ0n) is 13.5. The molecule has 0 saturated carbocycles.